The van der Waals surface area contributed by atoms with Crippen molar-refractivity contribution in [3.05, 3.63) is 0 Å². The van der Waals surface area contributed by atoms with Gasteiger partial charge in [0.15, 0.2) is 5.96 Å². The average molecular weight is 505 g/mol. The largest absolute Gasteiger partial charge is 0.481 e. The van der Waals surface area contributed by atoms with Crippen LogP contribution in [0, 0.1) is 0 Å². The topological polar surface area (TPSA) is 316 Å². The van der Waals surface area contributed by atoms with Crippen molar-refractivity contribution >= 4 is 41.5 Å². The van der Waals surface area contributed by atoms with Crippen molar-refractivity contribution in [2.24, 2.45) is 27.9 Å². The minimum Gasteiger partial charge on any atom is -0.481 e. The summed E-state index contributed by atoms with van der Waals surface area (Å²) in [6.07, 6.45) is -2.89. The third-order valence-electron chi connectivity index (χ3n) is 4.43. The van der Waals surface area contributed by atoms with Crippen LogP contribution in [-0.2, 0) is 28.8 Å². The summed E-state index contributed by atoms with van der Waals surface area (Å²) in [7, 11) is 0. The lowest BCUT2D eigenvalue weighted by Crippen LogP contribution is -2.58. The Hall–Kier alpha value is -3.99. The molecule has 5 atom stereocenters. The Labute approximate surface area is 199 Å². The number of nitrogens with zero attached hydrogens (tertiary/aromatic N) is 1. The molecule has 198 valence electrons. The van der Waals surface area contributed by atoms with E-state index in [2.05, 4.69) is 15.6 Å². The molecule has 35 heavy (non-hydrogen) atoms. The summed E-state index contributed by atoms with van der Waals surface area (Å²) in [4.78, 5) is 74.8. The predicted octanol–water partition coefficient (Wildman–Crippen LogP) is -5.36. The van der Waals surface area contributed by atoms with Gasteiger partial charge in [-0.25, -0.2) is 4.79 Å². The highest BCUT2D eigenvalue weighted by atomic mass is 16.4. The molecule has 0 heterocycles. The first-order chi connectivity index (χ1) is 16.1. The van der Waals surface area contributed by atoms with Crippen molar-refractivity contribution < 1.29 is 44.1 Å². The lowest BCUT2D eigenvalue weighted by Gasteiger charge is -2.25. The number of nitrogens with one attached hydrogen (secondary N) is 3. The molecule has 0 fully saturated rings. The maximum Gasteiger partial charge on any atom is 0.326 e. The number of guanidine groups is 1. The second-order valence-corrected chi connectivity index (χ2v) is 7.51. The summed E-state index contributed by atoms with van der Waals surface area (Å²) in [6, 6.07) is -6.27. The predicted molar refractivity (Wildman–Crippen MR) is 119 cm³/mol. The number of primary amides is 1. The fourth-order valence-corrected chi connectivity index (χ4v) is 2.59. The molecule has 0 aromatic rings. The van der Waals surface area contributed by atoms with Gasteiger partial charge in [0.1, 0.15) is 24.2 Å². The molecule has 0 bridgehead atoms. The number of aliphatic hydroxyl groups is 1. The van der Waals surface area contributed by atoms with Gasteiger partial charge in [0.2, 0.25) is 23.6 Å². The van der Waals surface area contributed by atoms with Crippen LogP contribution in [0.5, 0.6) is 0 Å². The molecular weight excluding hydrogens is 472 g/mol. The summed E-state index contributed by atoms with van der Waals surface area (Å²) in [5, 5.41) is 33.8. The highest BCUT2D eigenvalue weighted by Crippen LogP contribution is 2.04. The Morgan fingerprint density at radius 3 is 1.80 bits per heavy atom. The number of rotatable bonds is 16. The van der Waals surface area contributed by atoms with E-state index in [1.807, 2.05) is 5.32 Å². The zero-order chi connectivity index (χ0) is 27.3. The van der Waals surface area contributed by atoms with Gasteiger partial charge in [-0.1, -0.05) is 0 Å². The molecule has 0 aliphatic rings. The van der Waals surface area contributed by atoms with Crippen LogP contribution >= 0.6 is 0 Å². The number of hydrogen-bond acceptors (Lipinski definition) is 9. The second kappa shape index (κ2) is 15.0. The fourth-order valence-electron chi connectivity index (χ4n) is 2.59. The number of carboxylic acid groups (broad SMARTS) is 2. The van der Waals surface area contributed by atoms with E-state index in [0.717, 1.165) is 0 Å². The number of nitrogens with two attached hydrogens (primary N) is 4. The van der Waals surface area contributed by atoms with E-state index in [-0.39, 0.29) is 25.3 Å². The van der Waals surface area contributed by atoms with E-state index in [0.29, 0.717) is 0 Å². The smallest absolute Gasteiger partial charge is 0.326 e. The van der Waals surface area contributed by atoms with Crippen LogP contribution in [0.1, 0.15) is 32.6 Å². The van der Waals surface area contributed by atoms with Gasteiger partial charge in [-0.3, -0.25) is 29.0 Å². The molecule has 0 radical (unpaired) electrons. The van der Waals surface area contributed by atoms with Gasteiger partial charge >= 0.3 is 11.9 Å². The summed E-state index contributed by atoms with van der Waals surface area (Å²) in [5.74, 6) is -7.51. The van der Waals surface area contributed by atoms with Crippen molar-refractivity contribution in [3.8, 4) is 0 Å². The number of carbonyl (C=O) groups is 6. The van der Waals surface area contributed by atoms with Gasteiger partial charge in [-0.15, -0.1) is 0 Å². The number of aliphatic carboxylic acids is 2. The van der Waals surface area contributed by atoms with Gasteiger partial charge in [0, 0.05) is 6.54 Å². The minimum absolute atomic E-state index is 0.0669. The van der Waals surface area contributed by atoms with Crippen LogP contribution in [0.25, 0.3) is 0 Å². The Bertz CT molecular complexity index is 829. The highest BCUT2D eigenvalue weighted by molar-refractivity contribution is 5.96. The van der Waals surface area contributed by atoms with Crippen molar-refractivity contribution in [1.82, 2.24) is 16.0 Å². The van der Waals surface area contributed by atoms with Gasteiger partial charge < -0.3 is 54.2 Å². The lowest BCUT2D eigenvalue weighted by atomic mass is 10.1. The monoisotopic (exact) mass is 504 g/mol. The zero-order valence-electron chi connectivity index (χ0n) is 19.0. The first-order valence-electron chi connectivity index (χ1n) is 10.3. The molecule has 14 N–H and O–H groups in total. The number of hydrogen-bond donors (Lipinski definition) is 10. The molecule has 0 aliphatic heterocycles. The summed E-state index contributed by atoms with van der Waals surface area (Å²) >= 11 is 0. The number of aliphatic imine (C=N–C) groups is 1. The molecule has 5 unspecified atom stereocenters. The van der Waals surface area contributed by atoms with E-state index >= 15 is 0 Å². The second-order valence-electron chi connectivity index (χ2n) is 7.51. The van der Waals surface area contributed by atoms with Crippen LogP contribution in [0.2, 0.25) is 0 Å². The highest BCUT2D eigenvalue weighted by Gasteiger charge is 2.32. The summed E-state index contributed by atoms with van der Waals surface area (Å²) < 4.78 is 0. The van der Waals surface area contributed by atoms with Gasteiger partial charge in [-0.2, -0.15) is 0 Å². The number of amides is 4. The van der Waals surface area contributed by atoms with Crippen LogP contribution in [-0.4, -0.2) is 93.7 Å². The molecule has 17 nitrogen and oxygen atoms in total. The number of carbonyl (C=O) groups excluding carboxylic acids is 4. The summed E-state index contributed by atoms with van der Waals surface area (Å²) in [6.45, 7) is 1.33. The van der Waals surface area contributed by atoms with Crippen molar-refractivity contribution in [3.63, 3.8) is 0 Å². The molecular formula is C18H32N8O9. The Morgan fingerprint density at radius 2 is 1.34 bits per heavy atom. The molecule has 0 aromatic heterocycles. The molecule has 0 rings (SSSR count). The molecule has 17 heteroatoms. The molecule has 0 aromatic carbocycles. The van der Waals surface area contributed by atoms with Gasteiger partial charge in [0.25, 0.3) is 0 Å². The third-order valence-corrected chi connectivity index (χ3v) is 4.43. The molecule has 0 aliphatic carbocycles. The fraction of sp³-hybridized carbons (Fsp3) is 0.611. The SMILES string of the molecule is CC(O)C(N)C(=O)NC(CCCN=C(N)N)C(=O)NC(CC(N)=O)C(=O)NC(CC(=O)O)C(=O)O. The van der Waals surface area contributed by atoms with E-state index < -0.39 is 78.7 Å². The number of aliphatic hydroxyl groups excluding tert-OH is 1. The first kappa shape index (κ1) is 31.0. The molecule has 4 amide bonds. The Morgan fingerprint density at radius 1 is 0.829 bits per heavy atom. The zero-order valence-corrected chi connectivity index (χ0v) is 19.0. The van der Waals surface area contributed by atoms with Crippen molar-refractivity contribution in [2.45, 2.75) is 62.9 Å². The first-order valence-corrected chi connectivity index (χ1v) is 10.3. The van der Waals surface area contributed by atoms with Crippen molar-refractivity contribution in [1.29, 1.82) is 0 Å². The lowest BCUT2D eigenvalue weighted by molar-refractivity contribution is -0.147. The standard InChI is InChI=1S/C18H32N8O9/c1-7(27)13(20)16(33)24-8(3-2-4-23-18(21)22)14(31)25-9(5-11(19)28)15(32)26-10(17(34)35)6-12(29)30/h7-10,13,27H,2-6,20H2,1H3,(H2,19,28)(H,24,33)(H,25,31)(H,26,32)(H,29,30)(H,34,35)(H4,21,22,23). The third kappa shape index (κ3) is 12.7. The summed E-state index contributed by atoms with van der Waals surface area (Å²) in [5.41, 5.74) is 21.1. The van der Waals surface area contributed by atoms with E-state index in [9.17, 15) is 33.9 Å². The Balaban J connectivity index is 5.65. The molecule has 0 spiro atoms. The van der Waals surface area contributed by atoms with Crippen LogP contribution < -0.4 is 38.9 Å². The van der Waals surface area contributed by atoms with Crippen LogP contribution in [0.3, 0.4) is 0 Å². The quantitative estimate of drug-likeness (QED) is 0.0535. The number of carboxylic acids is 2. The molecule has 0 saturated heterocycles. The van der Waals surface area contributed by atoms with E-state index in [1.165, 1.54) is 6.92 Å². The maximum absolute atomic E-state index is 12.8. The molecule has 0 saturated carbocycles. The minimum atomic E-state index is -1.86. The maximum atomic E-state index is 12.8. The van der Waals surface area contributed by atoms with E-state index in [1.54, 1.807) is 0 Å². The van der Waals surface area contributed by atoms with E-state index in [4.69, 9.17) is 33.1 Å². The average Bonchev–Trinajstić information content (AvgIpc) is 2.72. The van der Waals surface area contributed by atoms with Gasteiger partial charge in [-0.05, 0) is 19.8 Å². The van der Waals surface area contributed by atoms with Crippen LogP contribution in [0.4, 0.5) is 0 Å². The Kier molecular flexibility index (Phi) is 13.3. The van der Waals surface area contributed by atoms with Gasteiger partial charge in [0.05, 0.1) is 18.9 Å². The van der Waals surface area contributed by atoms with Crippen molar-refractivity contribution in [2.75, 3.05) is 6.54 Å². The normalized spacial score (nSPS) is 14.8. The van der Waals surface area contributed by atoms with Crippen LogP contribution in [0.15, 0.2) is 4.99 Å².